The Labute approximate surface area is 390 Å². The highest BCUT2D eigenvalue weighted by Crippen LogP contribution is 2.68. The van der Waals surface area contributed by atoms with E-state index in [0.717, 1.165) is 59.5 Å². The number of nitrogens with zero attached hydrogens (tertiary/aromatic N) is 4. The average molecular weight is 913 g/mol. The summed E-state index contributed by atoms with van der Waals surface area (Å²) in [6.45, 7) is 9.09. The molecule has 15 heteroatoms. The van der Waals surface area contributed by atoms with Crippen molar-refractivity contribution in [1.29, 1.82) is 0 Å². The second-order valence-corrected chi connectivity index (χ2v) is 19.7. The SMILES string of the molecule is CCC1=C[C@@H]2CN(CCc3c([nH]c4ccccc34)[C@@](C(=O)OC)(c3cc4c(cc3OC)N(C)[C@H]3[C@@](O)(CNC(=O)c5ccc([N+](=O)[O-])cc5)[C@H](OC(C)=O)[C@]5(CC)C=CCN6CC[C@]43[C@@H]65)C2)C1. The van der Waals surface area contributed by atoms with Crippen LogP contribution in [0.3, 0.4) is 0 Å². The number of carbonyl (C=O) groups is 3. The van der Waals surface area contributed by atoms with Crippen LogP contribution in [0.5, 0.6) is 5.75 Å². The number of aliphatic hydroxyl groups is 1. The summed E-state index contributed by atoms with van der Waals surface area (Å²) in [5, 5.41) is 29.4. The first-order valence-electron chi connectivity index (χ1n) is 23.6. The number of nitro groups is 1. The zero-order valence-electron chi connectivity index (χ0n) is 39.1. The molecule has 1 aliphatic carbocycles. The largest absolute Gasteiger partial charge is 0.496 e. The number of likely N-dealkylation sites (N-methyl/N-ethyl adjacent to an activating group) is 1. The second-order valence-electron chi connectivity index (χ2n) is 19.7. The van der Waals surface area contributed by atoms with Crippen LogP contribution in [0.2, 0.25) is 0 Å². The molecule has 67 heavy (non-hydrogen) atoms. The van der Waals surface area contributed by atoms with E-state index in [0.29, 0.717) is 50.1 Å². The summed E-state index contributed by atoms with van der Waals surface area (Å²) in [6.07, 6.45) is 8.60. The number of methoxy groups -OCH3 is 2. The van der Waals surface area contributed by atoms with Gasteiger partial charge in [-0.25, -0.2) is 0 Å². The Balaban J connectivity index is 1.21. The number of rotatable bonds is 10. The third-order valence-corrected chi connectivity index (χ3v) is 16.5. The molecule has 15 nitrogen and oxygen atoms in total. The second kappa shape index (κ2) is 16.3. The van der Waals surface area contributed by atoms with E-state index in [2.05, 4.69) is 75.3 Å². The van der Waals surface area contributed by atoms with Crippen LogP contribution in [0.25, 0.3) is 10.9 Å². The van der Waals surface area contributed by atoms with Crippen LogP contribution in [0.4, 0.5) is 11.4 Å². The van der Waals surface area contributed by atoms with Gasteiger partial charge in [0, 0.05) is 109 Å². The van der Waals surface area contributed by atoms with Gasteiger partial charge in [0.2, 0.25) is 0 Å². The number of esters is 2. The lowest BCUT2D eigenvalue weighted by Crippen LogP contribution is -2.81. The lowest BCUT2D eigenvalue weighted by Gasteiger charge is -2.64. The molecule has 5 aliphatic heterocycles. The predicted octanol–water partition coefficient (Wildman–Crippen LogP) is 5.96. The molecule has 4 aromatic rings. The van der Waals surface area contributed by atoms with Crippen molar-refractivity contribution in [2.45, 2.75) is 87.5 Å². The Morgan fingerprint density at radius 3 is 2.51 bits per heavy atom. The number of ether oxygens (including phenoxy) is 3. The molecule has 3 N–H and O–H groups in total. The zero-order valence-corrected chi connectivity index (χ0v) is 39.1. The minimum atomic E-state index is -1.91. The molecule has 352 valence electrons. The smallest absolute Gasteiger partial charge is 0.322 e. The molecule has 1 spiro atoms. The molecule has 6 aliphatic rings. The van der Waals surface area contributed by atoms with E-state index in [4.69, 9.17) is 14.2 Å². The van der Waals surface area contributed by atoms with Crippen molar-refractivity contribution in [1.82, 2.24) is 20.1 Å². The Hall–Kier alpha value is -6.03. The molecule has 1 unspecified atom stereocenters. The summed E-state index contributed by atoms with van der Waals surface area (Å²) in [4.78, 5) is 64.5. The molecule has 1 saturated heterocycles. The maximum Gasteiger partial charge on any atom is 0.322 e. The van der Waals surface area contributed by atoms with Gasteiger partial charge < -0.3 is 34.5 Å². The molecule has 6 heterocycles. The normalized spacial score (nSPS) is 31.5. The van der Waals surface area contributed by atoms with Crippen LogP contribution >= 0.6 is 0 Å². The molecule has 10 rings (SSSR count). The maximum absolute atomic E-state index is 15.5. The maximum atomic E-state index is 15.5. The Bertz CT molecular complexity index is 2750. The van der Waals surface area contributed by atoms with Crippen molar-refractivity contribution < 1.29 is 38.6 Å². The topological polar surface area (TPSA) is 180 Å². The molecule has 2 bridgehead atoms. The quantitative estimate of drug-likeness (QED) is 0.0737. The van der Waals surface area contributed by atoms with Crippen molar-refractivity contribution in [3.8, 4) is 5.75 Å². The van der Waals surface area contributed by atoms with E-state index in [-0.39, 0.29) is 29.8 Å². The highest BCUT2D eigenvalue weighted by Gasteiger charge is 2.78. The van der Waals surface area contributed by atoms with Gasteiger partial charge in [-0.2, -0.15) is 0 Å². The number of fused-ring (bicyclic) bond motifs is 6. The van der Waals surface area contributed by atoms with E-state index in [1.54, 1.807) is 7.11 Å². The van der Waals surface area contributed by atoms with E-state index in [9.17, 15) is 24.8 Å². The highest BCUT2D eigenvalue weighted by atomic mass is 16.6. The number of non-ortho nitro benzene ring substituents is 1. The molecule has 0 radical (unpaired) electrons. The van der Waals surface area contributed by atoms with Crippen LogP contribution in [0, 0.1) is 21.4 Å². The number of H-pyrrole nitrogens is 1. The van der Waals surface area contributed by atoms with Gasteiger partial charge in [0.25, 0.3) is 11.6 Å². The lowest BCUT2D eigenvalue weighted by atomic mass is 9.47. The number of para-hydroxylation sites is 1. The molecule has 2 fully saturated rings. The number of nitro benzene ring substituents is 1. The third kappa shape index (κ3) is 6.43. The summed E-state index contributed by atoms with van der Waals surface area (Å²) in [5.41, 5.74) is 1.50. The lowest BCUT2D eigenvalue weighted by molar-refractivity contribution is -0.384. The first kappa shape index (κ1) is 44.8. The number of hydrogen-bond acceptors (Lipinski definition) is 12. The van der Waals surface area contributed by atoms with E-state index < -0.39 is 56.8 Å². The van der Waals surface area contributed by atoms with Gasteiger partial charge in [0.1, 0.15) is 22.9 Å². The molecule has 9 atom stereocenters. The van der Waals surface area contributed by atoms with E-state index in [1.165, 1.54) is 43.9 Å². The number of carbonyl (C=O) groups excluding carboxylic acids is 3. The number of amides is 1. The van der Waals surface area contributed by atoms with Crippen LogP contribution < -0.4 is 15.0 Å². The van der Waals surface area contributed by atoms with Crippen molar-refractivity contribution in [3.05, 3.63) is 123 Å². The Kier molecular flexibility index (Phi) is 10.9. The molecule has 3 aromatic carbocycles. The van der Waals surface area contributed by atoms with Crippen molar-refractivity contribution in [3.63, 3.8) is 0 Å². The number of anilines is 1. The van der Waals surface area contributed by atoms with Gasteiger partial charge in [-0.15, -0.1) is 0 Å². The van der Waals surface area contributed by atoms with E-state index in [1.807, 2.05) is 25.2 Å². The number of hydrogen-bond donors (Lipinski definition) is 3. The fourth-order valence-corrected chi connectivity index (χ4v) is 14.1. The van der Waals surface area contributed by atoms with Gasteiger partial charge in [-0.3, -0.25) is 34.3 Å². The Morgan fingerprint density at radius 1 is 1.03 bits per heavy atom. The standard InChI is InChI=1S/C52H60N6O9/c1-7-32-24-33-27-51(48(61)66-6,43-37(18-22-56(28-32)29-33)36-12-9-10-13-40(36)54-43)39-25-38-41(26-42(39)65-5)55(4)46-50(38)20-23-57-21-11-19-49(8-2,45(50)57)47(67-31(3)59)52(46,62)30-53-44(60)34-14-16-35(17-15-34)58(63)64/h9-17,19,24-26,33,45-47,54,62H,7-8,18,20-23,27-30H2,1-6H3,(H,53,60)/t33-,45-,46+,47+,49+,50+,51-,52-/m0/s1. The van der Waals surface area contributed by atoms with Gasteiger partial charge in [-0.05, 0) is 80.0 Å². The summed E-state index contributed by atoms with van der Waals surface area (Å²) < 4.78 is 18.9. The number of nitrogens with one attached hydrogen (secondary N) is 2. The number of aromatic nitrogens is 1. The summed E-state index contributed by atoms with van der Waals surface area (Å²) in [5.74, 6) is -1.02. The fraction of sp³-hybridized carbons (Fsp3) is 0.481. The number of benzene rings is 3. The zero-order chi connectivity index (χ0) is 47.2. The fourth-order valence-electron chi connectivity index (χ4n) is 14.1. The highest BCUT2D eigenvalue weighted by molar-refractivity contribution is 5.95. The van der Waals surface area contributed by atoms with Crippen molar-refractivity contribution in [2.24, 2.45) is 11.3 Å². The molecule has 1 saturated carbocycles. The molecule has 1 amide bonds. The predicted molar refractivity (Wildman–Crippen MR) is 252 cm³/mol. The van der Waals surface area contributed by atoms with Crippen LogP contribution in [0.1, 0.15) is 79.2 Å². The summed E-state index contributed by atoms with van der Waals surface area (Å²) in [7, 11) is 5.02. The first-order valence-corrected chi connectivity index (χ1v) is 23.6. The van der Waals surface area contributed by atoms with Crippen LogP contribution in [0.15, 0.2) is 84.5 Å². The Morgan fingerprint density at radius 2 is 1.81 bits per heavy atom. The summed E-state index contributed by atoms with van der Waals surface area (Å²) >= 11 is 0. The minimum absolute atomic E-state index is 0.00599. The van der Waals surface area contributed by atoms with Gasteiger partial charge in [0.15, 0.2) is 0 Å². The first-order chi connectivity index (χ1) is 32.2. The monoisotopic (exact) mass is 912 g/mol. The molecular weight excluding hydrogens is 853 g/mol. The molecule has 1 aromatic heterocycles. The van der Waals surface area contributed by atoms with Gasteiger partial charge in [0.05, 0.1) is 31.7 Å². The van der Waals surface area contributed by atoms with Gasteiger partial charge in [-0.1, -0.05) is 55.8 Å². The minimum Gasteiger partial charge on any atom is -0.496 e. The van der Waals surface area contributed by atoms with Crippen molar-refractivity contribution >= 4 is 40.1 Å². The van der Waals surface area contributed by atoms with E-state index >= 15 is 4.79 Å². The van der Waals surface area contributed by atoms with Crippen LogP contribution in [-0.2, 0) is 36.3 Å². The van der Waals surface area contributed by atoms with Crippen LogP contribution in [-0.4, -0.2) is 127 Å². The number of aromatic amines is 1. The van der Waals surface area contributed by atoms with Gasteiger partial charge >= 0.3 is 11.9 Å². The third-order valence-electron chi connectivity index (χ3n) is 16.5. The molecular formula is C52H60N6O9. The summed E-state index contributed by atoms with van der Waals surface area (Å²) in [6, 6.07) is 16.7. The van der Waals surface area contributed by atoms with Crippen molar-refractivity contribution in [2.75, 3.05) is 65.4 Å². The average Bonchev–Trinajstić information content (AvgIpc) is 4.00.